The van der Waals surface area contributed by atoms with Crippen molar-refractivity contribution in [1.82, 2.24) is 9.97 Å². The van der Waals surface area contributed by atoms with E-state index in [1.807, 2.05) is 22.2 Å². The van der Waals surface area contributed by atoms with Crippen LogP contribution in [-0.2, 0) is 22.3 Å². The summed E-state index contributed by atoms with van der Waals surface area (Å²) < 4.78 is 45.3. The molecule has 0 amide bonds. The van der Waals surface area contributed by atoms with Crippen LogP contribution in [0.5, 0.6) is 0 Å². The highest BCUT2D eigenvalue weighted by Crippen LogP contribution is 2.36. The molecular formula is C20H18F3N3O2S2. The fraction of sp³-hybridized carbons (Fsp3) is 0.350. The van der Waals surface area contributed by atoms with E-state index in [1.165, 1.54) is 28.5 Å². The summed E-state index contributed by atoms with van der Waals surface area (Å²) in [5.74, 6) is -1.06. The van der Waals surface area contributed by atoms with Crippen LogP contribution in [0.4, 0.5) is 19.0 Å². The summed E-state index contributed by atoms with van der Waals surface area (Å²) in [5.41, 5.74) is 0.898. The van der Waals surface area contributed by atoms with Gasteiger partial charge in [0.2, 0.25) is 0 Å². The highest BCUT2D eigenvalue weighted by Gasteiger charge is 2.37. The molecule has 0 spiro atoms. The first-order valence-electron chi connectivity index (χ1n) is 9.32. The molecule has 1 aliphatic rings. The van der Waals surface area contributed by atoms with Crippen LogP contribution >= 0.6 is 22.7 Å². The molecule has 1 saturated heterocycles. The van der Waals surface area contributed by atoms with Gasteiger partial charge >= 0.3 is 12.1 Å². The lowest BCUT2D eigenvalue weighted by molar-refractivity contribution is -0.150. The van der Waals surface area contributed by atoms with Gasteiger partial charge in [-0.25, -0.2) is 9.97 Å². The van der Waals surface area contributed by atoms with Crippen LogP contribution in [0.15, 0.2) is 40.5 Å². The summed E-state index contributed by atoms with van der Waals surface area (Å²) in [5, 5.41) is 6.67. The van der Waals surface area contributed by atoms with Gasteiger partial charge in [-0.15, -0.1) is 11.3 Å². The largest absolute Gasteiger partial charge is 0.459 e. The number of carbonyl (C=O) groups is 1. The molecule has 3 aromatic rings. The van der Waals surface area contributed by atoms with Gasteiger partial charge in [-0.1, -0.05) is 0 Å². The van der Waals surface area contributed by atoms with Crippen LogP contribution < -0.4 is 4.90 Å². The number of piperidine rings is 1. The van der Waals surface area contributed by atoms with Crippen molar-refractivity contribution in [3.05, 3.63) is 51.8 Å². The van der Waals surface area contributed by atoms with E-state index >= 15 is 0 Å². The maximum atomic E-state index is 13.3. The minimum atomic E-state index is -4.50. The summed E-state index contributed by atoms with van der Waals surface area (Å²) in [4.78, 5) is 22.5. The average Bonchev–Trinajstić information content (AvgIpc) is 3.43. The second kappa shape index (κ2) is 8.73. The number of alkyl halides is 3. The van der Waals surface area contributed by atoms with Gasteiger partial charge in [-0.2, -0.15) is 24.5 Å². The molecule has 0 bridgehead atoms. The van der Waals surface area contributed by atoms with Crippen molar-refractivity contribution in [3.63, 3.8) is 0 Å². The predicted octanol–water partition coefficient (Wildman–Crippen LogP) is 5.25. The molecular weight excluding hydrogens is 435 g/mol. The molecule has 1 aliphatic heterocycles. The van der Waals surface area contributed by atoms with Gasteiger partial charge in [-0.05, 0) is 36.4 Å². The predicted molar refractivity (Wildman–Crippen MR) is 109 cm³/mol. The lowest BCUT2D eigenvalue weighted by Gasteiger charge is -2.33. The van der Waals surface area contributed by atoms with Gasteiger partial charge in [0.15, 0.2) is 0 Å². The van der Waals surface area contributed by atoms with Crippen LogP contribution in [-0.4, -0.2) is 29.0 Å². The Hall–Kier alpha value is -2.46. The lowest BCUT2D eigenvalue weighted by atomic mass is 9.97. The first-order valence-corrected chi connectivity index (χ1v) is 11.1. The first-order chi connectivity index (χ1) is 14.4. The lowest BCUT2D eigenvalue weighted by Crippen LogP contribution is -2.40. The summed E-state index contributed by atoms with van der Waals surface area (Å²) in [6.07, 6.45) is -2.00. The molecule has 158 valence electrons. The first kappa shape index (κ1) is 20.8. The molecule has 3 aromatic heterocycles. The number of carbonyl (C=O) groups excluding carboxylic acids is 1. The number of pyridine rings is 1. The monoisotopic (exact) mass is 453 g/mol. The number of hydrogen-bond acceptors (Lipinski definition) is 7. The van der Waals surface area contributed by atoms with E-state index in [0.717, 1.165) is 16.6 Å². The Bertz CT molecular complexity index is 1000. The molecule has 1 unspecified atom stereocenters. The van der Waals surface area contributed by atoms with Crippen LogP contribution in [0.25, 0.3) is 10.6 Å². The smallest absolute Gasteiger partial charge is 0.419 e. The van der Waals surface area contributed by atoms with Crippen molar-refractivity contribution in [2.45, 2.75) is 25.6 Å². The number of thiazole rings is 1. The minimum absolute atomic E-state index is 0.0490. The van der Waals surface area contributed by atoms with Crippen LogP contribution in [0.2, 0.25) is 0 Å². The Morgan fingerprint density at radius 3 is 2.93 bits per heavy atom. The van der Waals surface area contributed by atoms with Crippen molar-refractivity contribution < 1.29 is 22.7 Å². The summed E-state index contributed by atoms with van der Waals surface area (Å²) >= 11 is 3.06. The van der Waals surface area contributed by atoms with Crippen LogP contribution in [0.3, 0.4) is 0 Å². The van der Waals surface area contributed by atoms with Crippen LogP contribution in [0, 0.1) is 5.92 Å². The van der Waals surface area contributed by atoms with Crippen LogP contribution in [0.1, 0.15) is 24.1 Å². The molecule has 4 heterocycles. The summed E-state index contributed by atoms with van der Waals surface area (Å²) in [6.45, 7) is 0.615. The third kappa shape index (κ3) is 4.65. The van der Waals surface area contributed by atoms with E-state index in [2.05, 4.69) is 9.97 Å². The van der Waals surface area contributed by atoms with Crippen molar-refractivity contribution >= 4 is 34.5 Å². The Labute approximate surface area is 179 Å². The maximum Gasteiger partial charge on any atom is 0.419 e. The average molecular weight is 454 g/mol. The number of nitrogens with zero attached hydrogens (tertiary/aromatic N) is 3. The fourth-order valence-corrected chi connectivity index (χ4v) is 4.90. The fourth-order valence-electron chi connectivity index (χ4n) is 3.39. The molecule has 4 rings (SSSR count). The number of esters is 1. The second-order valence-electron chi connectivity index (χ2n) is 6.92. The minimum Gasteiger partial charge on any atom is -0.459 e. The van der Waals surface area contributed by atoms with Gasteiger partial charge in [0.25, 0.3) is 0 Å². The van der Waals surface area contributed by atoms with Gasteiger partial charge < -0.3 is 9.64 Å². The van der Waals surface area contributed by atoms with E-state index < -0.39 is 23.6 Å². The number of rotatable bonds is 5. The van der Waals surface area contributed by atoms with Gasteiger partial charge in [0.05, 0.1) is 17.2 Å². The normalized spacial score (nSPS) is 17.2. The standard InChI is InChI=1S/C20H18F3N3O2S2/c21-20(22,23)16-4-1-6-24-17(16)26-7-2-3-13(9-26)19(27)28-10-15-12-30-18(25-15)14-5-8-29-11-14/h1,4-6,8,11-13H,2-3,7,9-10H2. The molecule has 1 fully saturated rings. The van der Waals surface area contributed by atoms with E-state index in [-0.39, 0.29) is 19.0 Å². The second-order valence-corrected chi connectivity index (χ2v) is 8.56. The van der Waals surface area contributed by atoms with Gasteiger partial charge in [0.1, 0.15) is 17.4 Å². The number of ether oxygens (including phenoxy) is 1. The third-order valence-electron chi connectivity index (χ3n) is 4.83. The van der Waals surface area contributed by atoms with E-state index in [4.69, 9.17) is 4.74 Å². The van der Waals surface area contributed by atoms with E-state index in [0.29, 0.717) is 25.1 Å². The zero-order valence-corrected chi connectivity index (χ0v) is 17.4. The zero-order valence-electron chi connectivity index (χ0n) is 15.8. The number of halogens is 3. The SMILES string of the molecule is O=C(OCc1csc(-c2ccsc2)n1)C1CCCN(c2ncccc2C(F)(F)F)C1. The Balaban J connectivity index is 1.39. The molecule has 5 nitrogen and oxygen atoms in total. The van der Waals surface area contributed by atoms with Crippen molar-refractivity contribution in [3.8, 4) is 10.6 Å². The highest BCUT2D eigenvalue weighted by atomic mass is 32.1. The molecule has 0 aromatic carbocycles. The van der Waals surface area contributed by atoms with E-state index in [1.54, 1.807) is 11.3 Å². The number of anilines is 1. The molecule has 1 atom stereocenters. The molecule has 0 saturated carbocycles. The number of thiophene rings is 1. The van der Waals surface area contributed by atoms with E-state index in [9.17, 15) is 18.0 Å². The Morgan fingerprint density at radius 1 is 1.30 bits per heavy atom. The highest BCUT2D eigenvalue weighted by molar-refractivity contribution is 7.14. The Kier molecular flexibility index (Phi) is 6.05. The molecule has 0 aliphatic carbocycles. The summed E-state index contributed by atoms with van der Waals surface area (Å²) in [7, 11) is 0. The molecule has 10 heteroatoms. The quantitative estimate of drug-likeness (QED) is 0.494. The maximum absolute atomic E-state index is 13.3. The van der Waals surface area contributed by atoms with Crippen molar-refractivity contribution in [1.29, 1.82) is 0 Å². The molecule has 0 radical (unpaired) electrons. The van der Waals surface area contributed by atoms with Crippen molar-refractivity contribution in [2.24, 2.45) is 5.92 Å². The molecule has 30 heavy (non-hydrogen) atoms. The topological polar surface area (TPSA) is 55.3 Å². The third-order valence-corrected chi connectivity index (χ3v) is 6.45. The molecule has 0 N–H and O–H groups in total. The number of hydrogen-bond donors (Lipinski definition) is 0. The number of aromatic nitrogens is 2. The zero-order chi connectivity index (χ0) is 21.1. The summed E-state index contributed by atoms with van der Waals surface area (Å²) in [6, 6.07) is 4.25. The van der Waals surface area contributed by atoms with Crippen molar-refractivity contribution in [2.75, 3.05) is 18.0 Å². The van der Waals surface area contributed by atoms with Gasteiger partial charge in [0, 0.05) is 35.6 Å². The Morgan fingerprint density at radius 2 is 2.17 bits per heavy atom. The van der Waals surface area contributed by atoms with Gasteiger partial charge in [-0.3, -0.25) is 4.79 Å².